The first-order valence-electron chi connectivity index (χ1n) is 10.1. The highest BCUT2D eigenvalue weighted by molar-refractivity contribution is 6.36. The highest BCUT2D eigenvalue weighted by Gasteiger charge is 2.30. The summed E-state index contributed by atoms with van der Waals surface area (Å²) < 4.78 is 20.0. The summed E-state index contributed by atoms with van der Waals surface area (Å²) in [5, 5.41) is 0. The summed E-state index contributed by atoms with van der Waals surface area (Å²) in [5.41, 5.74) is 0.281. The number of benzene rings is 3. The van der Waals surface area contributed by atoms with Gasteiger partial charge in [0.25, 0.3) is 0 Å². The number of carbonyl (C=O) groups is 6. The molecule has 10 nitrogen and oxygen atoms in total. The Morgan fingerprint density at radius 1 is 0.778 bits per heavy atom. The van der Waals surface area contributed by atoms with Gasteiger partial charge in [0.05, 0.1) is 29.4 Å². The van der Waals surface area contributed by atoms with Crippen LogP contribution in [-0.4, -0.2) is 59.5 Å². The number of hydrogen-bond acceptors (Lipinski definition) is 10. The van der Waals surface area contributed by atoms with Crippen LogP contribution in [0.5, 0.6) is 11.5 Å². The molecule has 11 heteroatoms. The predicted molar refractivity (Wildman–Crippen MR) is 121 cm³/mol. The van der Waals surface area contributed by atoms with Crippen molar-refractivity contribution in [2.75, 3.05) is 7.11 Å². The number of carbonyl (C=O) groups excluding carboxylic acids is 6. The second-order valence-electron chi connectivity index (χ2n) is 7.32. The molecule has 36 heavy (non-hydrogen) atoms. The number of ether oxygens (including phenoxy) is 4. The minimum atomic E-state index is -0.831. The van der Waals surface area contributed by atoms with E-state index in [1.807, 2.05) is 0 Å². The van der Waals surface area contributed by atoms with E-state index in [4.69, 9.17) is 9.47 Å². The molecule has 1 aliphatic heterocycles. The van der Waals surface area contributed by atoms with E-state index in [0.717, 1.165) is 7.11 Å². The second kappa shape index (κ2) is 9.95. The number of aldehydes is 1. The molecule has 1 heterocycles. The minimum absolute atomic E-state index is 0.00695. The first kappa shape index (κ1) is 24.5. The van der Waals surface area contributed by atoms with Crippen LogP contribution in [0.1, 0.15) is 62.1 Å². The molecule has 0 N–H and O–H groups in total. The predicted octanol–water partition coefficient (Wildman–Crippen LogP) is 1.83. The molecule has 0 fully saturated rings. The van der Waals surface area contributed by atoms with E-state index >= 15 is 0 Å². The van der Waals surface area contributed by atoms with Gasteiger partial charge in [0.15, 0.2) is 22.6 Å². The van der Waals surface area contributed by atoms with E-state index in [2.05, 4.69) is 25.8 Å². The molecule has 0 saturated carbocycles. The first-order valence-corrected chi connectivity index (χ1v) is 10.7. The average molecular weight is 500 g/mol. The van der Waals surface area contributed by atoms with E-state index < -0.39 is 29.8 Å². The fourth-order valence-electron chi connectivity index (χ4n) is 3.32. The lowest BCUT2D eigenvalue weighted by molar-refractivity contribution is 0.0441. The van der Waals surface area contributed by atoms with Crippen molar-refractivity contribution >= 4 is 56.8 Å². The third kappa shape index (κ3) is 4.79. The van der Waals surface area contributed by atoms with Gasteiger partial charge in [-0.3, -0.25) is 4.79 Å². The summed E-state index contributed by atoms with van der Waals surface area (Å²) in [6, 6.07) is 11.8. The van der Waals surface area contributed by atoms with Crippen LogP contribution in [0, 0.1) is 0 Å². The molecule has 0 spiro atoms. The van der Waals surface area contributed by atoms with Gasteiger partial charge in [-0.2, -0.15) is 0 Å². The Bertz CT molecular complexity index is 1470. The van der Waals surface area contributed by atoms with E-state index in [9.17, 15) is 28.8 Å². The summed E-state index contributed by atoms with van der Waals surface area (Å²) >= 11 is 2.31. The van der Waals surface area contributed by atoms with Crippen LogP contribution in [-0.2, 0) is 9.47 Å². The third-order valence-corrected chi connectivity index (χ3v) is 5.58. The van der Waals surface area contributed by atoms with Crippen LogP contribution in [0.25, 0.3) is 0 Å². The Balaban J connectivity index is 1.50. The molecular formula is C25H13AlO10. The molecule has 3 aromatic rings. The molecule has 3 aromatic carbocycles. The number of rotatable bonds is 6. The maximum Gasteiger partial charge on any atom is 0.347 e. The lowest BCUT2D eigenvalue weighted by Gasteiger charge is -2.11. The van der Waals surface area contributed by atoms with Gasteiger partial charge < -0.3 is 18.9 Å². The Kier molecular flexibility index (Phi) is 6.78. The molecule has 4 rings (SSSR count). The van der Waals surface area contributed by atoms with E-state index in [1.165, 1.54) is 54.6 Å². The van der Waals surface area contributed by atoms with Crippen molar-refractivity contribution in [3.05, 3.63) is 88.0 Å². The number of esters is 5. The first-order chi connectivity index (χ1) is 17.2. The molecule has 0 unspecified atom stereocenters. The molecular weight excluding hydrogens is 487 g/mol. The molecule has 176 valence electrons. The Labute approximate surface area is 211 Å². The number of hydrogen-bond donors (Lipinski definition) is 0. The molecule has 1 aliphatic rings. The van der Waals surface area contributed by atoms with Crippen molar-refractivity contribution in [2.45, 2.75) is 0 Å². The summed E-state index contributed by atoms with van der Waals surface area (Å²) in [6.07, 6.45) is 0.477. The number of cyclic esters (lactones) is 2. The molecule has 0 amide bonds. The maximum atomic E-state index is 12.7. The van der Waals surface area contributed by atoms with Crippen molar-refractivity contribution in [3.8, 4) is 11.5 Å². The van der Waals surface area contributed by atoms with Crippen LogP contribution in [0.3, 0.4) is 0 Å². The fourth-order valence-corrected chi connectivity index (χ4v) is 3.71. The maximum absolute atomic E-state index is 12.7. The molecule has 0 saturated heterocycles. The Morgan fingerprint density at radius 2 is 1.44 bits per heavy atom. The van der Waals surface area contributed by atoms with Crippen LogP contribution in [0.2, 0.25) is 0 Å². The molecule has 0 aliphatic carbocycles. The van der Waals surface area contributed by atoms with Gasteiger partial charge >= 0.3 is 29.8 Å². The topological polar surface area (TPSA) is 139 Å². The van der Waals surface area contributed by atoms with Crippen LogP contribution in [0.4, 0.5) is 0 Å². The molecule has 2 radical (unpaired) electrons. The largest absolute Gasteiger partial charge is 0.465 e. The van der Waals surface area contributed by atoms with Gasteiger partial charge in [-0.1, -0.05) is 6.07 Å². The van der Waals surface area contributed by atoms with Crippen molar-refractivity contribution < 1.29 is 47.7 Å². The quantitative estimate of drug-likeness (QED) is 0.162. The smallest absolute Gasteiger partial charge is 0.347 e. The van der Waals surface area contributed by atoms with E-state index in [1.54, 1.807) is 0 Å². The number of fused-ring (bicyclic) bond motifs is 1. The zero-order valence-corrected chi connectivity index (χ0v) is 19.6. The SMILES string of the molecule is COC(=O)c1cc(OC(=O)c2ccc(C(=O)Oc3ccc4c(c3)C(=O)OC4=O)c[c]2[Al])ccc1C=O. The third-order valence-electron chi connectivity index (χ3n) is 5.10. The molecule has 0 bridgehead atoms. The highest BCUT2D eigenvalue weighted by Crippen LogP contribution is 2.25. The zero-order valence-electron chi connectivity index (χ0n) is 18.4. The van der Waals surface area contributed by atoms with Crippen molar-refractivity contribution in [2.24, 2.45) is 0 Å². The lowest BCUT2D eigenvalue weighted by atomic mass is 10.1. The van der Waals surface area contributed by atoms with Crippen LogP contribution in [0.15, 0.2) is 54.6 Å². The normalized spacial score (nSPS) is 11.8. The van der Waals surface area contributed by atoms with Gasteiger partial charge in [0.2, 0.25) is 0 Å². The standard InChI is InChI=1S/C25H13O10.Al/c1-32-23(29)19-10-16(7-6-15(19)12-26)33-21(27)13-2-4-14(5-3-13)22(28)34-17-8-9-18-20(11-17)25(31)35-24(18)30;/h2,4-12H,1H3;. The highest BCUT2D eigenvalue weighted by atomic mass is 27.0. The fraction of sp³-hybridized carbons (Fsp3) is 0.0400. The zero-order chi connectivity index (χ0) is 26.0. The van der Waals surface area contributed by atoms with Gasteiger partial charge in [-0.05, 0) is 48.5 Å². The van der Waals surface area contributed by atoms with Crippen LogP contribution < -0.4 is 13.9 Å². The van der Waals surface area contributed by atoms with Gasteiger partial charge in [0.1, 0.15) is 11.5 Å². The van der Waals surface area contributed by atoms with E-state index in [0.29, 0.717) is 10.7 Å². The van der Waals surface area contributed by atoms with Gasteiger partial charge in [-0.25, -0.2) is 24.0 Å². The second-order valence-corrected chi connectivity index (χ2v) is 7.95. The van der Waals surface area contributed by atoms with Gasteiger partial charge in [0, 0.05) is 11.1 Å². The van der Waals surface area contributed by atoms with Crippen molar-refractivity contribution in [3.63, 3.8) is 0 Å². The Morgan fingerprint density at radius 3 is 2.14 bits per heavy atom. The summed E-state index contributed by atoms with van der Waals surface area (Å²) in [6.45, 7) is 0. The number of methoxy groups -OCH3 is 1. The van der Waals surface area contributed by atoms with Crippen molar-refractivity contribution in [1.82, 2.24) is 0 Å². The Hall–Kier alpha value is -4.59. The lowest BCUT2D eigenvalue weighted by Crippen LogP contribution is -2.22. The van der Waals surface area contributed by atoms with E-state index in [-0.39, 0.29) is 44.9 Å². The average Bonchev–Trinajstić information content (AvgIpc) is 3.15. The minimum Gasteiger partial charge on any atom is -0.465 e. The molecule has 0 aromatic heterocycles. The summed E-state index contributed by atoms with van der Waals surface area (Å²) in [5.74, 6) is -3.89. The molecule has 0 atom stereocenters. The van der Waals surface area contributed by atoms with Gasteiger partial charge in [-0.15, -0.1) is 4.43 Å². The summed E-state index contributed by atoms with van der Waals surface area (Å²) in [4.78, 5) is 71.5. The monoisotopic (exact) mass is 500 g/mol. The van der Waals surface area contributed by atoms with Crippen LogP contribution >= 0.6 is 0 Å². The van der Waals surface area contributed by atoms with Crippen molar-refractivity contribution in [1.29, 1.82) is 0 Å². The summed E-state index contributed by atoms with van der Waals surface area (Å²) in [7, 11) is 1.15.